The second-order valence-electron chi connectivity index (χ2n) is 5.64. The summed E-state index contributed by atoms with van der Waals surface area (Å²) in [6.07, 6.45) is 0.678. The number of carbonyl (C=O) groups excluding carboxylic acids is 1. The first kappa shape index (κ1) is 15.3. The third-order valence-electron chi connectivity index (χ3n) is 3.53. The third kappa shape index (κ3) is 3.93. The van der Waals surface area contributed by atoms with E-state index in [0.717, 1.165) is 30.8 Å². The molecule has 4 heteroatoms. The van der Waals surface area contributed by atoms with Gasteiger partial charge in [-0.2, -0.15) is 0 Å². The van der Waals surface area contributed by atoms with E-state index in [4.69, 9.17) is 9.47 Å². The average molecular weight is 273 g/mol. The molecule has 0 aromatic heterocycles. The van der Waals surface area contributed by atoms with Crippen molar-refractivity contribution in [2.75, 3.05) is 13.2 Å². The fraction of sp³-hybridized carbons (Fsp3) is 0.562. The predicted octanol–water partition coefficient (Wildman–Crippen LogP) is 3.07. The van der Waals surface area contributed by atoms with Crippen molar-refractivity contribution in [1.29, 1.82) is 0 Å². The second-order valence-corrected chi connectivity index (χ2v) is 5.64. The van der Waals surface area contributed by atoms with Gasteiger partial charge in [0.1, 0.15) is 0 Å². The number of rotatable bonds is 5. The van der Waals surface area contributed by atoms with E-state index in [-0.39, 0.29) is 17.8 Å². The molecule has 0 amide bonds. The minimum absolute atomic E-state index is 0.110. The summed E-state index contributed by atoms with van der Waals surface area (Å²) in [6.45, 7) is 7.34. The van der Waals surface area contributed by atoms with E-state index in [1.807, 2.05) is 12.1 Å². The molecule has 0 N–H and O–H groups in total. The molecule has 0 bridgehead atoms. The molecule has 1 aliphatic rings. The fourth-order valence-electron chi connectivity index (χ4n) is 2.52. The van der Waals surface area contributed by atoms with E-state index >= 15 is 0 Å². The van der Waals surface area contributed by atoms with Crippen molar-refractivity contribution in [3.8, 4) is 0 Å². The first-order valence-corrected chi connectivity index (χ1v) is 7.26. The molecule has 0 aliphatic carbocycles. The van der Waals surface area contributed by atoms with Crippen LogP contribution >= 0.6 is 0 Å². The molecule has 1 aliphatic heterocycles. The molecule has 1 radical (unpaired) electrons. The lowest BCUT2D eigenvalue weighted by molar-refractivity contribution is -0.183. The minimum atomic E-state index is -0.270. The van der Waals surface area contributed by atoms with E-state index in [2.05, 4.69) is 26.0 Å². The summed E-state index contributed by atoms with van der Waals surface area (Å²) in [5.41, 5.74) is 2.29. The Kier molecular flexibility index (Phi) is 5.38. The van der Waals surface area contributed by atoms with Crippen LogP contribution in [0.25, 0.3) is 0 Å². The lowest BCUT2D eigenvalue weighted by Gasteiger charge is -2.25. The van der Waals surface area contributed by atoms with Gasteiger partial charge in [0.15, 0.2) is 6.29 Å². The van der Waals surface area contributed by atoms with E-state index < -0.39 is 0 Å². The maximum absolute atomic E-state index is 11.4. The molecule has 1 fully saturated rings. The van der Waals surface area contributed by atoms with Gasteiger partial charge in [-0.15, -0.1) is 0 Å². The summed E-state index contributed by atoms with van der Waals surface area (Å²) in [5, 5.41) is 0. The topological polar surface area (TPSA) is 35.5 Å². The highest BCUT2D eigenvalue weighted by molar-refractivity contribution is 6.74. The Bertz CT molecular complexity index is 453. The molecule has 0 spiro atoms. The fourth-order valence-corrected chi connectivity index (χ4v) is 2.52. The first-order chi connectivity index (χ1) is 9.58. The van der Waals surface area contributed by atoms with Crippen molar-refractivity contribution in [1.82, 2.24) is 0 Å². The standard InChI is InChI=1S/C16H22BO3/c1-11(2)15(17-12(3)18)13-6-4-7-14(10-13)16-19-8-5-9-20-16/h4,6-7,10-11,15-16H,5,8-9H2,1-3H3. The van der Waals surface area contributed by atoms with E-state index in [1.54, 1.807) is 14.2 Å². The SMILES string of the molecule is CC(=O)[B]C(c1cccc(C2OCCCO2)c1)C(C)C. The van der Waals surface area contributed by atoms with Gasteiger partial charge < -0.3 is 14.3 Å². The van der Waals surface area contributed by atoms with Gasteiger partial charge in [-0.1, -0.05) is 43.7 Å². The van der Waals surface area contributed by atoms with Crippen LogP contribution in [0.1, 0.15) is 50.4 Å². The summed E-state index contributed by atoms with van der Waals surface area (Å²) in [6, 6.07) is 8.19. The van der Waals surface area contributed by atoms with Crippen LogP contribution in [0.5, 0.6) is 0 Å². The van der Waals surface area contributed by atoms with Gasteiger partial charge in [0, 0.05) is 5.56 Å². The quantitative estimate of drug-likeness (QED) is 0.773. The molecule has 1 saturated heterocycles. The number of ether oxygens (including phenoxy) is 2. The summed E-state index contributed by atoms with van der Waals surface area (Å²) >= 11 is 0. The number of hydrogen-bond donors (Lipinski definition) is 0. The van der Waals surface area contributed by atoms with Crippen LogP contribution in [-0.4, -0.2) is 26.2 Å². The van der Waals surface area contributed by atoms with Gasteiger partial charge >= 0.3 is 0 Å². The largest absolute Gasteiger partial charge is 0.348 e. The number of hydrogen-bond acceptors (Lipinski definition) is 3. The summed E-state index contributed by atoms with van der Waals surface area (Å²) in [5.74, 6) is 0.512. The van der Waals surface area contributed by atoms with Crippen LogP contribution in [0.4, 0.5) is 0 Å². The molecule has 1 aromatic carbocycles. The van der Waals surface area contributed by atoms with Crippen molar-refractivity contribution in [2.45, 2.75) is 39.3 Å². The Hall–Kier alpha value is -1.13. The lowest BCUT2D eigenvalue weighted by Crippen LogP contribution is -2.22. The second kappa shape index (κ2) is 7.05. The van der Waals surface area contributed by atoms with E-state index in [9.17, 15) is 4.79 Å². The molecule has 0 saturated carbocycles. The highest BCUT2D eigenvalue weighted by atomic mass is 16.7. The maximum atomic E-state index is 11.4. The Morgan fingerprint density at radius 1 is 1.30 bits per heavy atom. The zero-order chi connectivity index (χ0) is 14.5. The van der Waals surface area contributed by atoms with Gasteiger partial charge in [-0.05, 0) is 25.1 Å². The molecule has 1 unspecified atom stereocenters. The minimum Gasteiger partial charge on any atom is -0.348 e. The van der Waals surface area contributed by atoms with Crippen LogP contribution in [0, 0.1) is 5.92 Å². The first-order valence-electron chi connectivity index (χ1n) is 7.26. The van der Waals surface area contributed by atoms with Gasteiger partial charge in [-0.3, -0.25) is 0 Å². The predicted molar refractivity (Wildman–Crippen MR) is 79.7 cm³/mol. The third-order valence-corrected chi connectivity index (χ3v) is 3.53. The van der Waals surface area contributed by atoms with Gasteiger partial charge in [0.25, 0.3) is 0 Å². The molecule has 1 heterocycles. The molecule has 2 rings (SSSR count). The Labute approximate surface area is 121 Å². The Morgan fingerprint density at radius 2 is 2.00 bits per heavy atom. The number of benzene rings is 1. The van der Waals surface area contributed by atoms with Crippen molar-refractivity contribution < 1.29 is 14.3 Å². The van der Waals surface area contributed by atoms with Gasteiger partial charge in [-0.25, -0.2) is 0 Å². The Morgan fingerprint density at radius 3 is 2.60 bits per heavy atom. The van der Waals surface area contributed by atoms with Gasteiger partial charge in [0.05, 0.1) is 18.9 Å². The van der Waals surface area contributed by atoms with Crippen LogP contribution in [0.3, 0.4) is 0 Å². The van der Waals surface area contributed by atoms with Gasteiger partial charge in [0.2, 0.25) is 7.28 Å². The van der Waals surface area contributed by atoms with E-state index in [1.165, 1.54) is 0 Å². The maximum Gasteiger partial charge on any atom is 0.210 e. The zero-order valence-corrected chi connectivity index (χ0v) is 12.5. The van der Waals surface area contributed by atoms with Crippen LogP contribution < -0.4 is 0 Å². The molecule has 1 atom stereocenters. The van der Waals surface area contributed by atoms with Crippen molar-refractivity contribution in [3.05, 3.63) is 35.4 Å². The smallest absolute Gasteiger partial charge is 0.210 e. The highest BCUT2D eigenvalue weighted by Gasteiger charge is 2.22. The lowest BCUT2D eigenvalue weighted by atomic mass is 9.55. The molecular formula is C16H22BO3. The van der Waals surface area contributed by atoms with Crippen molar-refractivity contribution in [3.63, 3.8) is 0 Å². The molecule has 20 heavy (non-hydrogen) atoms. The average Bonchev–Trinajstić information content (AvgIpc) is 2.45. The van der Waals surface area contributed by atoms with Crippen LogP contribution in [-0.2, 0) is 14.3 Å². The molecular weight excluding hydrogens is 251 g/mol. The summed E-state index contributed by atoms with van der Waals surface area (Å²) in [4.78, 5) is 11.4. The monoisotopic (exact) mass is 273 g/mol. The van der Waals surface area contributed by atoms with Crippen LogP contribution in [0.2, 0.25) is 0 Å². The molecule has 3 nitrogen and oxygen atoms in total. The molecule has 1 aromatic rings. The zero-order valence-electron chi connectivity index (χ0n) is 12.5. The summed E-state index contributed by atoms with van der Waals surface area (Å²) in [7, 11) is 1.80. The highest BCUT2D eigenvalue weighted by Crippen LogP contribution is 2.28. The molecule has 107 valence electrons. The normalized spacial score (nSPS) is 18.0. The van der Waals surface area contributed by atoms with Crippen molar-refractivity contribution in [2.24, 2.45) is 5.92 Å². The summed E-state index contributed by atoms with van der Waals surface area (Å²) < 4.78 is 11.3. The van der Waals surface area contributed by atoms with E-state index in [0.29, 0.717) is 5.92 Å². The van der Waals surface area contributed by atoms with Crippen LogP contribution in [0.15, 0.2) is 24.3 Å². The van der Waals surface area contributed by atoms with Crippen molar-refractivity contribution >= 4 is 13.0 Å². The Balaban J connectivity index is 2.20. The number of carbonyl (C=O) groups is 1.